The maximum Gasteiger partial charge on any atom is 0.326 e. The average Bonchev–Trinajstić information content (AvgIpc) is 2.29. The van der Waals surface area contributed by atoms with Crippen molar-refractivity contribution < 1.29 is 9.90 Å². The number of aliphatic carboxylic acids is 1. The van der Waals surface area contributed by atoms with E-state index in [0.717, 1.165) is 0 Å². The summed E-state index contributed by atoms with van der Waals surface area (Å²) in [4.78, 5) is 11.1. The highest BCUT2D eigenvalue weighted by atomic mass is 16.4. The summed E-state index contributed by atoms with van der Waals surface area (Å²) in [5.41, 5.74) is 1.71. The van der Waals surface area contributed by atoms with Crippen molar-refractivity contribution in [3.05, 3.63) is 16.8 Å². The zero-order chi connectivity index (χ0) is 13.9. The fourth-order valence-electron chi connectivity index (χ4n) is 1.51. The minimum Gasteiger partial charge on any atom is -0.480 e. The Morgan fingerprint density at radius 3 is 2.44 bits per heavy atom. The molecular formula is C12H16N4O2. The molecular weight excluding hydrogens is 232 g/mol. The molecule has 0 fully saturated rings. The Morgan fingerprint density at radius 1 is 1.39 bits per heavy atom. The topological polar surface area (TPSA) is 98.9 Å². The molecule has 1 unspecified atom stereocenters. The zero-order valence-corrected chi connectivity index (χ0v) is 10.9. The van der Waals surface area contributed by atoms with E-state index in [-0.39, 0.29) is 11.7 Å². The molecule has 0 amide bonds. The third-order valence-electron chi connectivity index (χ3n) is 2.79. The van der Waals surface area contributed by atoms with Gasteiger partial charge in [-0.15, -0.1) is 5.10 Å². The van der Waals surface area contributed by atoms with E-state index in [0.29, 0.717) is 16.8 Å². The zero-order valence-electron chi connectivity index (χ0n) is 10.9. The molecule has 0 aliphatic rings. The number of hydrogen-bond donors (Lipinski definition) is 2. The van der Waals surface area contributed by atoms with E-state index >= 15 is 0 Å². The lowest BCUT2D eigenvalue weighted by molar-refractivity contribution is -0.138. The summed E-state index contributed by atoms with van der Waals surface area (Å²) in [5.74, 6) is -0.881. The van der Waals surface area contributed by atoms with Gasteiger partial charge in [0, 0.05) is 0 Å². The number of carbonyl (C=O) groups is 1. The van der Waals surface area contributed by atoms with Crippen molar-refractivity contribution in [2.24, 2.45) is 5.92 Å². The highest BCUT2D eigenvalue weighted by Crippen LogP contribution is 2.19. The van der Waals surface area contributed by atoms with Crippen molar-refractivity contribution in [1.29, 1.82) is 5.26 Å². The van der Waals surface area contributed by atoms with Crippen molar-refractivity contribution >= 4 is 11.8 Å². The van der Waals surface area contributed by atoms with Gasteiger partial charge in [-0.25, -0.2) is 4.79 Å². The Labute approximate surface area is 106 Å². The predicted octanol–water partition coefficient (Wildman–Crippen LogP) is 1.49. The van der Waals surface area contributed by atoms with Crippen LogP contribution in [0.25, 0.3) is 0 Å². The molecule has 1 heterocycles. The molecule has 1 rings (SSSR count). The minimum atomic E-state index is -0.978. The van der Waals surface area contributed by atoms with Gasteiger partial charge in [-0.05, 0) is 25.3 Å². The van der Waals surface area contributed by atoms with Gasteiger partial charge in [0.2, 0.25) is 0 Å². The number of carboxylic acids is 1. The summed E-state index contributed by atoms with van der Waals surface area (Å²) in [6.45, 7) is 7.08. The molecule has 0 bridgehead atoms. The van der Waals surface area contributed by atoms with Gasteiger partial charge in [0.1, 0.15) is 17.7 Å². The fraction of sp³-hybridized carbons (Fsp3) is 0.500. The van der Waals surface area contributed by atoms with Gasteiger partial charge in [0.15, 0.2) is 5.82 Å². The molecule has 18 heavy (non-hydrogen) atoms. The molecule has 6 heteroatoms. The number of anilines is 1. The van der Waals surface area contributed by atoms with Gasteiger partial charge in [-0.3, -0.25) is 0 Å². The lowest BCUT2D eigenvalue weighted by Crippen LogP contribution is -2.35. The summed E-state index contributed by atoms with van der Waals surface area (Å²) >= 11 is 0. The molecule has 0 saturated heterocycles. The van der Waals surface area contributed by atoms with Gasteiger partial charge in [-0.1, -0.05) is 13.8 Å². The molecule has 0 aliphatic heterocycles. The molecule has 0 aliphatic carbocycles. The highest BCUT2D eigenvalue weighted by Gasteiger charge is 2.23. The molecule has 1 atom stereocenters. The minimum absolute atomic E-state index is 0.127. The van der Waals surface area contributed by atoms with E-state index in [1.807, 2.05) is 6.07 Å². The molecule has 2 N–H and O–H groups in total. The Morgan fingerprint density at radius 2 is 2.00 bits per heavy atom. The van der Waals surface area contributed by atoms with Crippen LogP contribution in [0, 0.1) is 31.1 Å². The summed E-state index contributed by atoms with van der Waals surface area (Å²) in [6, 6.07) is 1.23. The summed E-state index contributed by atoms with van der Waals surface area (Å²) < 4.78 is 0. The predicted molar refractivity (Wildman–Crippen MR) is 66.1 cm³/mol. The second-order valence-corrected chi connectivity index (χ2v) is 4.45. The lowest BCUT2D eigenvalue weighted by atomic mass is 10.0. The quantitative estimate of drug-likeness (QED) is 0.837. The molecule has 0 radical (unpaired) electrons. The number of nitrogens with zero attached hydrogens (tertiary/aromatic N) is 3. The first-order valence-electron chi connectivity index (χ1n) is 5.61. The molecule has 6 nitrogen and oxygen atoms in total. The van der Waals surface area contributed by atoms with Gasteiger partial charge in [0.25, 0.3) is 0 Å². The molecule has 0 aromatic carbocycles. The summed E-state index contributed by atoms with van der Waals surface area (Å²) in [7, 11) is 0. The van der Waals surface area contributed by atoms with E-state index in [1.165, 1.54) is 0 Å². The number of carboxylic acid groups (broad SMARTS) is 1. The Hall–Kier alpha value is -2.16. The van der Waals surface area contributed by atoms with Crippen molar-refractivity contribution in [1.82, 2.24) is 10.2 Å². The number of nitrogens with one attached hydrogen (secondary N) is 1. The van der Waals surface area contributed by atoms with Crippen molar-refractivity contribution in [3.63, 3.8) is 0 Å². The molecule has 1 aromatic rings. The van der Waals surface area contributed by atoms with Gasteiger partial charge in [0.05, 0.1) is 5.69 Å². The highest BCUT2D eigenvalue weighted by molar-refractivity contribution is 5.78. The van der Waals surface area contributed by atoms with Crippen LogP contribution in [-0.4, -0.2) is 27.3 Å². The van der Waals surface area contributed by atoms with Crippen LogP contribution in [-0.2, 0) is 4.79 Å². The third kappa shape index (κ3) is 2.74. The Kier molecular flexibility index (Phi) is 4.21. The average molecular weight is 248 g/mol. The van der Waals surface area contributed by atoms with Crippen LogP contribution >= 0.6 is 0 Å². The summed E-state index contributed by atoms with van der Waals surface area (Å²) in [6.07, 6.45) is 0. The maximum atomic E-state index is 11.1. The van der Waals surface area contributed by atoms with E-state index in [2.05, 4.69) is 15.5 Å². The van der Waals surface area contributed by atoms with Crippen LogP contribution in [0.1, 0.15) is 30.7 Å². The molecule has 0 spiro atoms. The summed E-state index contributed by atoms with van der Waals surface area (Å²) in [5, 5.41) is 28.7. The number of aryl methyl sites for hydroxylation is 1. The third-order valence-corrected chi connectivity index (χ3v) is 2.79. The molecule has 1 aromatic heterocycles. The van der Waals surface area contributed by atoms with Crippen LogP contribution in [0.5, 0.6) is 0 Å². The van der Waals surface area contributed by atoms with Crippen molar-refractivity contribution in [2.75, 3.05) is 5.32 Å². The Balaban J connectivity index is 3.16. The van der Waals surface area contributed by atoms with Gasteiger partial charge < -0.3 is 10.4 Å². The van der Waals surface area contributed by atoms with Gasteiger partial charge in [-0.2, -0.15) is 10.4 Å². The lowest BCUT2D eigenvalue weighted by Gasteiger charge is -2.19. The standard InChI is InChI=1S/C12H16N4O2/c1-6(2)10(12(17)18)14-11-9(5-13)7(3)8(4)15-16-11/h6,10H,1-4H3,(H,14,16)(H,17,18). The first-order chi connectivity index (χ1) is 8.38. The number of hydrogen-bond acceptors (Lipinski definition) is 5. The van der Waals surface area contributed by atoms with Crippen LogP contribution in [0.3, 0.4) is 0 Å². The fourth-order valence-corrected chi connectivity index (χ4v) is 1.51. The Bertz CT molecular complexity index is 506. The van der Waals surface area contributed by atoms with E-state index in [9.17, 15) is 4.79 Å². The van der Waals surface area contributed by atoms with E-state index in [4.69, 9.17) is 10.4 Å². The van der Waals surface area contributed by atoms with Gasteiger partial charge >= 0.3 is 5.97 Å². The SMILES string of the molecule is Cc1nnc(NC(C(=O)O)C(C)C)c(C#N)c1C. The van der Waals surface area contributed by atoms with E-state index in [1.54, 1.807) is 27.7 Å². The van der Waals surface area contributed by atoms with Crippen molar-refractivity contribution in [3.8, 4) is 6.07 Å². The largest absolute Gasteiger partial charge is 0.480 e. The second kappa shape index (κ2) is 5.45. The van der Waals surface area contributed by atoms with Crippen LogP contribution in [0.4, 0.5) is 5.82 Å². The first kappa shape index (κ1) is 13.9. The monoisotopic (exact) mass is 248 g/mol. The molecule has 96 valence electrons. The normalized spacial score (nSPS) is 12.0. The smallest absolute Gasteiger partial charge is 0.326 e. The van der Waals surface area contributed by atoms with Crippen LogP contribution in [0.15, 0.2) is 0 Å². The number of nitriles is 1. The molecule has 0 saturated carbocycles. The second-order valence-electron chi connectivity index (χ2n) is 4.45. The van der Waals surface area contributed by atoms with Crippen LogP contribution in [0.2, 0.25) is 0 Å². The van der Waals surface area contributed by atoms with Crippen LogP contribution < -0.4 is 5.32 Å². The van der Waals surface area contributed by atoms with E-state index < -0.39 is 12.0 Å². The first-order valence-corrected chi connectivity index (χ1v) is 5.61. The number of rotatable bonds is 4. The number of aromatic nitrogens is 2. The maximum absolute atomic E-state index is 11.1. The van der Waals surface area contributed by atoms with Crippen molar-refractivity contribution in [2.45, 2.75) is 33.7 Å².